The molecule has 1 rings (SSSR count). The summed E-state index contributed by atoms with van der Waals surface area (Å²) < 4.78 is 15.7. The fraction of sp³-hybridized carbons (Fsp3) is 0.500. The van der Waals surface area contributed by atoms with Gasteiger partial charge in [0.05, 0.1) is 6.10 Å². The first-order valence-electron chi connectivity index (χ1n) is 5.42. The van der Waals surface area contributed by atoms with Crippen LogP contribution in [0.2, 0.25) is 0 Å². The zero-order valence-corrected chi connectivity index (χ0v) is 9.95. The largest absolute Gasteiger partial charge is 0.327 e. The molecule has 3 heteroatoms. The third-order valence-corrected chi connectivity index (χ3v) is 2.75. The van der Waals surface area contributed by atoms with Crippen molar-refractivity contribution in [1.82, 2.24) is 0 Å². The van der Waals surface area contributed by atoms with Crippen LogP contribution < -0.4 is 0 Å². The summed E-state index contributed by atoms with van der Waals surface area (Å²) in [6.45, 7) is 2.17. The SMILES string of the molecule is CCCCCC(OP=O)c1ccccc1. The van der Waals surface area contributed by atoms with Gasteiger partial charge in [-0.2, -0.15) is 0 Å². The van der Waals surface area contributed by atoms with Crippen LogP contribution in [0.5, 0.6) is 0 Å². The summed E-state index contributed by atoms with van der Waals surface area (Å²) in [6.07, 6.45) is 4.41. The van der Waals surface area contributed by atoms with Crippen LogP contribution in [-0.4, -0.2) is 0 Å². The number of rotatable bonds is 7. The molecular formula is C12H17O2P. The van der Waals surface area contributed by atoms with Gasteiger partial charge in [-0.1, -0.05) is 56.5 Å². The van der Waals surface area contributed by atoms with Crippen molar-refractivity contribution >= 4 is 8.69 Å². The van der Waals surface area contributed by atoms with Crippen molar-refractivity contribution in [3.63, 3.8) is 0 Å². The smallest absolute Gasteiger partial charge is 0.286 e. The Morgan fingerprint density at radius 2 is 2.00 bits per heavy atom. The zero-order chi connectivity index (χ0) is 10.9. The minimum atomic E-state index is -0.231. The van der Waals surface area contributed by atoms with Gasteiger partial charge in [0.15, 0.2) is 0 Å². The minimum Gasteiger partial charge on any atom is -0.286 e. The average Bonchev–Trinajstić information content (AvgIpc) is 2.29. The highest BCUT2D eigenvalue weighted by atomic mass is 31.1. The van der Waals surface area contributed by atoms with Gasteiger partial charge < -0.3 is 0 Å². The van der Waals surface area contributed by atoms with E-state index in [2.05, 4.69) is 6.92 Å². The van der Waals surface area contributed by atoms with Gasteiger partial charge in [0.1, 0.15) is 0 Å². The molecule has 0 spiro atoms. The average molecular weight is 224 g/mol. The van der Waals surface area contributed by atoms with Crippen LogP contribution in [0.3, 0.4) is 0 Å². The second-order valence-corrected chi connectivity index (χ2v) is 3.93. The quantitative estimate of drug-likeness (QED) is 0.502. The van der Waals surface area contributed by atoms with Crippen molar-refractivity contribution in [1.29, 1.82) is 0 Å². The molecule has 0 bridgehead atoms. The van der Waals surface area contributed by atoms with Crippen LogP contribution in [0.4, 0.5) is 0 Å². The van der Waals surface area contributed by atoms with E-state index in [9.17, 15) is 4.57 Å². The second kappa shape index (κ2) is 7.56. The molecule has 15 heavy (non-hydrogen) atoms. The van der Waals surface area contributed by atoms with E-state index in [0.29, 0.717) is 0 Å². The van der Waals surface area contributed by atoms with Crippen LogP contribution in [0.25, 0.3) is 0 Å². The Morgan fingerprint density at radius 3 is 2.60 bits per heavy atom. The predicted molar refractivity (Wildman–Crippen MR) is 62.0 cm³/mol. The lowest BCUT2D eigenvalue weighted by Crippen LogP contribution is -1.98. The van der Waals surface area contributed by atoms with Crippen LogP contribution >= 0.6 is 8.69 Å². The Hall–Kier alpha value is -0.720. The third-order valence-electron chi connectivity index (χ3n) is 2.41. The molecule has 1 unspecified atom stereocenters. The second-order valence-electron chi connectivity index (χ2n) is 3.58. The van der Waals surface area contributed by atoms with E-state index in [1.54, 1.807) is 0 Å². The summed E-state index contributed by atoms with van der Waals surface area (Å²) in [4.78, 5) is 0. The van der Waals surface area contributed by atoms with E-state index in [4.69, 9.17) is 4.52 Å². The lowest BCUT2D eigenvalue weighted by molar-refractivity contribution is 0.212. The van der Waals surface area contributed by atoms with Crippen LogP contribution in [-0.2, 0) is 9.09 Å². The monoisotopic (exact) mass is 224 g/mol. The minimum absolute atomic E-state index is 0.0306. The Balaban J connectivity index is 2.53. The van der Waals surface area contributed by atoms with E-state index in [0.717, 1.165) is 18.4 Å². The van der Waals surface area contributed by atoms with E-state index >= 15 is 0 Å². The Bertz CT molecular complexity index is 274. The summed E-state index contributed by atoms with van der Waals surface area (Å²) in [5.41, 5.74) is 1.11. The first-order valence-corrected chi connectivity index (χ1v) is 6.15. The summed E-state index contributed by atoms with van der Waals surface area (Å²) in [7, 11) is -0.231. The van der Waals surface area contributed by atoms with Crippen molar-refractivity contribution in [2.45, 2.75) is 38.7 Å². The number of hydrogen-bond acceptors (Lipinski definition) is 2. The van der Waals surface area contributed by atoms with Gasteiger partial charge in [-0.05, 0) is 12.0 Å². The summed E-state index contributed by atoms with van der Waals surface area (Å²) >= 11 is 0. The highest BCUT2D eigenvalue weighted by Crippen LogP contribution is 2.27. The molecule has 0 aliphatic carbocycles. The standard InChI is InChI=1S/C12H17O2P/c1-2-3-5-10-12(14-15-13)11-8-6-4-7-9-11/h4,6-9,12H,2-3,5,10H2,1H3. The molecule has 0 N–H and O–H groups in total. The molecule has 0 aliphatic heterocycles. The maximum Gasteiger partial charge on any atom is 0.327 e. The molecule has 82 valence electrons. The van der Waals surface area contributed by atoms with Gasteiger partial charge in [-0.15, -0.1) is 0 Å². The van der Waals surface area contributed by atoms with Crippen LogP contribution in [0.1, 0.15) is 44.3 Å². The maximum atomic E-state index is 10.5. The van der Waals surface area contributed by atoms with Crippen LogP contribution in [0.15, 0.2) is 30.3 Å². The maximum absolute atomic E-state index is 10.5. The normalized spacial score (nSPS) is 12.9. The first kappa shape index (κ1) is 12.4. The molecule has 0 amide bonds. The van der Waals surface area contributed by atoms with E-state index in [-0.39, 0.29) is 14.8 Å². The molecule has 0 saturated carbocycles. The number of benzene rings is 1. The topological polar surface area (TPSA) is 26.3 Å². The molecule has 0 aromatic heterocycles. The molecule has 2 nitrogen and oxygen atoms in total. The van der Waals surface area contributed by atoms with Crippen LogP contribution in [0, 0.1) is 0 Å². The van der Waals surface area contributed by atoms with Gasteiger partial charge in [0.25, 0.3) is 0 Å². The van der Waals surface area contributed by atoms with Gasteiger partial charge in [0, 0.05) is 0 Å². The molecule has 0 fully saturated rings. The lowest BCUT2D eigenvalue weighted by Gasteiger charge is -2.13. The Labute approximate surface area is 92.9 Å². The summed E-state index contributed by atoms with van der Waals surface area (Å²) in [6, 6.07) is 9.96. The highest BCUT2D eigenvalue weighted by molar-refractivity contribution is 7.17. The molecule has 1 atom stereocenters. The van der Waals surface area contributed by atoms with Crippen molar-refractivity contribution < 1.29 is 9.09 Å². The Kier molecular flexibility index (Phi) is 6.22. The van der Waals surface area contributed by atoms with Crippen molar-refractivity contribution in [2.24, 2.45) is 0 Å². The number of hydrogen-bond donors (Lipinski definition) is 0. The van der Waals surface area contributed by atoms with Gasteiger partial charge in [-0.3, -0.25) is 4.52 Å². The molecule has 0 radical (unpaired) electrons. The van der Waals surface area contributed by atoms with Crippen molar-refractivity contribution in [3.8, 4) is 0 Å². The zero-order valence-electron chi connectivity index (χ0n) is 9.06. The van der Waals surface area contributed by atoms with Crippen molar-refractivity contribution in [3.05, 3.63) is 35.9 Å². The van der Waals surface area contributed by atoms with E-state index in [1.165, 1.54) is 12.8 Å². The summed E-state index contributed by atoms with van der Waals surface area (Å²) in [5, 5.41) is 0. The van der Waals surface area contributed by atoms with E-state index < -0.39 is 0 Å². The van der Waals surface area contributed by atoms with E-state index in [1.807, 2.05) is 30.3 Å². The summed E-state index contributed by atoms with van der Waals surface area (Å²) in [5.74, 6) is 0. The van der Waals surface area contributed by atoms with Gasteiger partial charge in [-0.25, -0.2) is 4.57 Å². The fourth-order valence-electron chi connectivity index (χ4n) is 1.58. The lowest BCUT2D eigenvalue weighted by atomic mass is 10.0. The molecule has 1 aromatic carbocycles. The molecule has 0 aliphatic rings. The van der Waals surface area contributed by atoms with Gasteiger partial charge >= 0.3 is 8.69 Å². The molecule has 0 saturated heterocycles. The fourth-order valence-corrected chi connectivity index (χ4v) is 1.91. The molecule has 1 aromatic rings. The Morgan fingerprint density at radius 1 is 1.27 bits per heavy atom. The highest BCUT2D eigenvalue weighted by Gasteiger charge is 2.11. The molecular weight excluding hydrogens is 207 g/mol. The predicted octanol–water partition coefficient (Wildman–Crippen LogP) is 4.53. The molecule has 0 heterocycles. The number of unbranched alkanes of at least 4 members (excludes halogenated alkanes) is 2. The van der Waals surface area contributed by atoms with Gasteiger partial charge in [0.2, 0.25) is 0 Å². The first-order chi connectivity index (χ1) is 7.38. The third kappa shape index (κ3) is 4.55. The van der Waals surface area contributed by atoms with Crippen molar-refractivity contribution in [2.75, 3.05) is 0 Å².